The lowest BCUT2D eigenvalue weighted by Crippen LogP contribution is -2.11. The van der Waals surface area contributed by atoms with Crippen molar-refractivity contribution in [1.82, 2.24) is 9.78 Å². The molecule has 1 aromatic rings. The zero-order valence-electron chi connectivity index (χ0n) is 11.1. The molecule has 19 heavy (non-hydrogen) atoms. The molecule has 0 aliphatic heterocycles. The lowest BCUT2D eigenvalue weighted by atomic mass is 9.93. The van der Waals surface area contributed by atoms with E-state index < -0.39 is 0 Å². The van der Waals surface area contributed by atoms with Gasteiger partial charge in [0, 0.05) is 36.0 Å². The van der Waals surface area contributed by atoms with Crippen molar-refractivity contribution in [3.63, 3.8) is 0 Å². The molecule has 0 bridgehead atoms. The maximum atomic E-state index is 8.92. The molecule has 1 atom stereocenters. The van der Waals surface area contributed by atoms with Crippen molar-refractivity contribution in [3.05, 3.63) is 30.0 Å². The molecule has 4 heteroatoms. The van der Waals surface area contributed by atoms with Crippen molar-refractivity contribution in [1.29, 1.82) is 5.26 Å². The third-order valence-corrected chi connectivity index (χ3v) is 3.75. The van der Waals surface area contributed by atoms with Gasteiger partial charge < -0.3 is 5.32 Å². The van der Waals surface area contributed by atoms with Crippen molar-refractivity contribution in [2.75, 3.05) is 11.9 Å². The Kier molecular flexibility index (Phi) is 3.12. The topological polar surface area (TPSA) is 53.6 Å². The van der Waals surface area contributed by atoms with Crippen LogP contribution in [-0.2, 0) is 0 Å². The van der Waals surface area contributed by atoms with E-state index in [0.29, 0.717) is 5.92 Å². The van der Waals surface area contributed by atoms with E-state index in [1.54, 1.807) is 0 Å². The first kappa shape index (κ1) is 12.0. The van der Waals surface area contributed by atoms with Crippen LogP contribution in [0.25, 0.3) is 5.70 Å². The second-order valence-corrected chi connectivity index (χ2v) is 5.47. The second kappa shape index (κ2) is 4.93. The predicted molar refractivity (Wildman–Crippen MR) is 75.2 cm³/mol. The fraction of sp³-hybridized carbons (Fsp3) is 0.467. The average molecular weight is 254 g/mol. The fourth-order valence-corrected chi connectivity index (χ4v) is 2.37. The lowest BCUT2D eigenvalue weighted by molar-refractivity contribution is 0.674. The van der Waals surface area contributed by atoms with E-state index in [0.717, 1.165) is 36.0 Å². The summed E-state index contributed by atoms with van der Waals surface area (Å²) in [5.41, 5.74) is 1.99. The van der Waals surface area contributed by atoms with Gasteiger partial charge in [0.2, 0.25) is 0 Å². The van der Waals surface area contributed by atoms with Crippen LogP contribution in [0.15, 0.2) is 30.0 Å². The molecule has 1 aromatic heterocycles. The standard InChI is InChI=1S/C15H18N4/c1-11-8-13(9-16)4-5-14(11)19-7-6-15(18-19)17-10-12-2-3-12/h4-7,11-12H,2-3,8,10H2,1H3,(H,17,18). The molecule has 0 saturated heterocycles. The van der Waals surface area contributed by atoms with E-state index in [2.05, 4.69) is 23.4 Å². The van der Waals surface area contributed by atoms with Crippen LogP contribution >= 0.6 is 0 Å². The van der Waals surface area contributed by atoms with Crippen molar-refractivity contribution in [2.45, 2.75) is 26.2 Å². The summed E-state index contributed by atoms with van der Waals surface area (Å²) in [6.45, 7) is 3.17. The predicted octanol–water partition coefficient (Wildman–Crippen LogP) is 3.04. The molecular formula is C15H18N4. The van der Waals surface area contributed by atoms with E-state index in [-0.39, 0.29) is 0 Å². The molecule has 1 saturated carbocycles. The van der Waals surface area contributed by atoms with E-state index >= 15 is 0 Å². The van der Waals surface area contributed by atoms with Crippen LogP contribution < -0.4 is 5.32 Å². The molecule has 2 aliphatic rings. The zero-order chi connectivity index (χ0) is 13.2. The summed E-state index contributed by atoms with van der Waals surface area (Å²) >= 11 is 0. The first-order valence-electron chi connectivity index (χ1n) is 6.87. The summed E-state index contributed by atoms with van der Waals surface area (Å²) < 4.78 is 1.92. The van der Waals surface area contributed by atoms with Crippen molar-refractivity contribution < 1.29 is 0 Å². The molecular weight excluding hydrogens is 236 g/mol. The summed E-state index contributed by atoms with van der Waals surface area (Å²) in [6, 6.07) is 4.24. The Labute approximate surface area is 113 Å². The molecule has 0 amide bonds. The van der Waals surface area contributed by atoms with Gasteiger partial charge in [-0.1, -0.05) is 6.92 Å². The Morgan fingerprint density at radius 1 is 1.47 bits per heavy atom. The van der Waals surface area contributed by atoms with Gasteiger partial charge in [-0.05, 0) is 37.3 Å². The van der Waals surface area contributed by atoms with Gasteiger partial charge in [0.05, 0.1) is 6.07 Å². The van der Waals surface area contributed by atoms with Crippen LogP contribution in [0.5, 0.6) is 0 Å². The first-order valence-corrected chi connectivity index (χ1v) is 6.87. The highest BCUT2D eigenvalue weighted by Gasteiger charge is 2.21. The van der Waals surface area contributed by atoms with Crippen LogP contribution in [0.2, 0.25) is 0 Å². The number of rotatable bonds is 4. The molecule has 1 N–H and O–H groups in total. The van der Waals surface area contributed by atoms with Gasteiger partial charge in [-0.2, -0.15) is 10.4 Å². The number of allylic oxidation sites excluding steroid dienone is 4. The second-order valence-electron chi connectivity index (χ2n) is 5.47. The third-order valence-electron chi connectivity index (χ3n) is 3.75. The molecule has 1 fully saturated rings. The molecule has 2 aliphatic carbocycles. The van der Waals surface area contributed by atoms with Crippen LogP contribution in [0.1, 0.15) is 26.2 Å². The summed E-state index contributed by atoms with van der Waals surface area (Å²) in [4.78, 5) is 0. The third kappa shape index (κ3) is 2.70. The van der Waals surface area contributed by atoms with E-state index in [9.17, 15) is 0 Å². The largest absolute Gasteiger partial charge is 0.368 e. The monoisotopic (exact) mass is 254 g/mol. The van der Waals surface area contributed by atoms with Crippen molar-refractivity contribution >= 4 is 11.5 Å². The molecule has 1 unspecified atom stereocenters. The number of anilines is 1. The highest BCUT2D eigenvalue weighted by Crippen LogP contribution is 2.30. The molecule has 98 valence electrons. The highest BCUT2D eigenvalue weighted by molar-refractivity contribution is 5.56. The Balaban J connectivity index is 1.73. The lowest BCUT2D eigenvalue weighted by Gasteiger charge is -2.18. The molecule has 1 heterocycles. The number of aromatic nitrogens is 2. The van der Waals surface area contributed by atoms with Gasteiger partial charge in [-0.15, -0.1) is 0 Å². The van der Waals surface area contributed by atoms with Gasteiger partial charge in [0.15, 0.2) is 0 Å². The van der Waals surface area contributed by atoms with Crippen molar-refractivity contribution in [2.24, 2.45) is 11.8 Å². The van der Waals surface area contributed by atoms with Gasteiger partial charge in [0.25, 0.3) is 0 Å². The molecule has 0 spiro atoms. The maximum absolute atomic E-state index is 8.92. The zero-order valence-corrected chi connectivity index (χ0v) is 11.1. The van der Waals surface area contributed by atoms with Crippen LogP contribution in [0.4, 0.5) is 5.82 Å². The smallest absolute Gasteiger partial charge is 0.148 e. The first-order chi connectivity index (χ1) is 9.26. The summed E-state index contributed by atoms with van der Waals surface area (Å²) in [6.07, 6.45) is 9.38. The summed E-state index contributed by atoms with van der Waals surface area (Å²) in [5.74, 6) is 2.12. The maximum Gasteiger partial charge on any atom is 0.148 e. The number of nitrogens with zero attached hydrogens (tertiary/aromatic N) is 3. The number of nitrogens with one attached hydrogen (secondary N) is 1. The van der Waals surface area contributed by atoms with Gasteiger partial charge in [-0.3, -0.25) is 0 Å². The van der Waals surface area contributed by atoms with Crippen molar-refractivity contribution in [3.8, 4) is 6.07 Å². The Morgan fingerprint density at radius 2 is 2.32 bits per heavy atom. The summed E-state index contributed by atoms with van der Waals surface area (Å²) in [5, 5.41) is 16.9. The molecule has 0 radical (unpaired) electrons. The average Bonchev–Trinajstić information content (AvgIpc) is 3.14. The van der Waals surface area contributed by atoms with E-state index in [4.69, 9.17) is 5.26 Å². The SMILES string of the molecule is CC1CC(C#N)=CC=C1n1ccc(NCC2CC2)n1. The Bertz CT molecular complexity index is 569. The van der Waals surface area contributed by atoms with Crippen LogP contribution in [-0.4, -0.2) is 16.3 Å². The van der Waals surface area contributed by atoms with E-state index in [1.807, 2.05) is 29.1 Å². The minimum atomic E-state index is 0.329. The minimum Gasteiger partial charge on any atom is -0.368 e. The minimum absolute atomic E-state index is 0.329. The quantitative estimate of drug-likeness (QED) is 0.898. The Morgan fingerprint density at radius 3 is 3.00 bits per heavy atom. The molecule has 0 aromatic carbocycles. The Hall–Kier alpha value is -2.02. The fourth-order valence-electron chi connectivity index (χ4n) is 2.37. The molecule has 3 rings (SSSR count). The van der Waals surface area contributed by atoms with Crippen LogP contribution in [0.3, 0.4) is 0 Å². The van der Waals surface area contributed by atoms with Gasteiger partial charge in [-0.25, -0.2) is 4.68 Å². The van der Waals surface area contributed by atoms with Gasteiger partial charge in [0.1, 0.15) is 5.82 Å². The number of hydrogen-bond acceptors (Lipinski definition) is 3. The number of hydrogen-bond donors (Lipinski definition) is 1. The normalized spacial score (nSPS) is 22.4. The van der Waals surface area contributed by atoms with E-state index in [1.165, 1.54) is 12.8 Å². The highest BCUT2D eigenvalue weighted by atomic mass is 15.3. The summed E-state index contributed by atoms with van der Waals surface area (Å²) in [7, 11) is 0. The number of nitriles is 1. The molecule has 4 nitrogen and oxygen atoms in total. The van der Waals surface area contributed by atoms with Gasteiger partial charge >= 0.3 is 0 Å². The van der Waals surface area contributed by atoms with Crippen LogP contribution in [0, 0.1) is 23.2 Å².